The van der Waals surface area contributed by atoms with Gasteiger partial charge in [-0.15, -0.1) is 0 Å². The van der Waals surface area contributed by atoms with Crippen LogP contribution in [-0.2, 0) is 101 Å². The highest BCUT2D eigenvalue weighted by Crippen LogP contribution is 2.18. The lowest BCUT2D eigenvalue weighted by atomic mass is 9.97. The Kier molecular flexibility index (Phi) is 66.6. The lowest BCUT2D eigenvalue weighted by Crippen LogP contribution is -2.64. The SMILES string of the molecule is CC[C@H](C)[C@H](NC(=O)[C@@H](NC(=O)[C@H](CC(C)C)NC(=O)[C@H](CCCNC(=N)N)NC(=O)CNC(=O)[C@H](CCCCN)NC(=O)[C@H](C)N)[C@@H](C)O)C(=O)N[C@@H](CO)C(=O)N[C@@H](CCCCN)C(=O)N[C@H](C(=O)N[C@@H](CO)C(=O)N[C@H](C(=O)N[C@H](C(=O)N[C@H](C(=O)N[C@@H](CCC(=O)O)C(=O)N[C@@H](CC(C)C)C(=O)N[C@@H](CCCCN)C(=O)N[C@@H](CCSC)C(=O)N[C@H](C(=O)N[C@@H](CO)C(=O)O)[C@@H](C)O)C(C)C)[C@@H](C)O)[C@@H](C)O)[C@@H](C)O. The second-order valence-electron chi connectivity index (χ2n) is 37.7. The number of aliphatic hydroxyl groups excluding tert-OH is 8. The highest BCUT2D eigenvalue weighted by atomic mass is 32.2. The fourth-order valence-electron chi connectivity index (χ4n) is 14.4. The summed E-state index contributed by atoms with van der Waals surface area (Å²) < 4.78 is 0. The fraction of sp³-hybridized carbons (Fsp3) is 0.758. The maximum Gasteiger partial charge on any atom is 0.328 e. The first-order chi connectivity index (χ1) is 69.8. The van der Waals surface area contributed by atoms with E-state index in [2.05, 4.69) is 101 Å². The van der Waals surface area contributed by atoms with Crippen molar-refractivity contribution in [3.8, 4) is 0 Å². The zero-order valence-electron chi connectivity index (χ0n) is 87.4. The Balaban J connectivity index is 7.03. The molecule has 19 amide bonds. The van der Waals surface area contributed by atoms with E-state index in [0.29, 0.717) is 25.8 Å². The van der Waals surface area contributed by atoms with Crippen LogP contribution in [-0.4, -0.2) is 391 Å². The summed E-state index contributed by atoms with van der Waals surface area (Å²) in [6, 6.07) is -32.3. The van der Waals surface area contributed by atoms with Gasteiger partial charge in [0.2, 0.25) is 112 Å². The predicted octanol–water partition coefficient (Wildman–Crippen LogP) is -12.8. The number of aliphatic carboxylic acids is 2. The zero-order chi connectivity index (χ0) is 114. The van der Waals surface area contributed by atoms with Crippen molar-refractivity contribution < 1.29 is 152 Å². The number of rotatable bonds is 76. The van der Waals surface area contributed by atoms with Crippen LogP contribution in [0.2, 0.25) is 0 Å². The number of carbonyl (C=O) groups is 21. The van der Waals surface area contributed by atoms with E-state index < -0.39 is 332 Å². The van der Waals surface area contributed by atoms with E-state index in [0.717, 1.165) is 34.6 Å². The van der Waals surface area contributed by atoms with E-state index in [9.17, 15) is 152 Å². The van der Waals surface area contributed by atoms with Gasteiger partial charge in [-0.05, 0) is 193 Å². The summed E-state index contributed by atoms with van der Waals surface area (Å²) in [6.07, 6.45) is -7.72. The number of amides is 19. The molecule has 41 N–H and O–H groups in total. The van der Waals surface area contributed by atoms with Gasteiger partial charge in [0.15, 0.2) is 5.96 Å². The molecule has 149 heavy (non-hydrogen) atoms. The standard InChI is InChI=1S/C91H166N26O31S/c1-16-45(8)66(112-88(145)69(49(12)123)115-80(137)59(37-43(4)5)107-74(131)53(27-23-34-98-91(96)97)100-63(126)38-99-73(130)52(24-17-20-31-92)101-72(129)46(9)95)84(141)108-60(39-118)81(138)103-55(26-19-22-33-94)77(134)113-67(47(10)121)85(142)109-61(40-119)82(139)116-70(50(13)124)89(146)117-71(51(14)125)87(144)111-65(44(6)7)83(140)105-56(28-29-64(127)128)76(133)106-58(36-42(2)3)79(136)102-54(25-18-21-32-93)75(132)104-57(30-35-149-15)78(135)114-68(48(11)122)86(143)110-62(41-120)90(147)148/h42-62,65-71,118-125H,16-41,92-95H2,1-15H3,(H,99,130)(H,100,126)(H,101,129)(H,102,136)(H,103,138)(H,104,132)(H,105,140)(H,106,133)(H,107,131)(H,108,141)(H,109,142)(H,110,143)(H,111,144)(H,112,145)(H,113,134)(H,114,135)(H,115,137)(H,116,139)(H,117,146)(H,127,128)(H,147,148)(H4,96,97,98)/t45-,46-,47+,48+,49+,50+,51+,52-,53-,54-,55-,56-,57-,58-,59-,60-,61-,62-,65-,66-,67-,68-,69-,70-,71-/m0/s1. The Morgan fingerprint density at radius 3 is 0.913 bits per heavy atom. The van der Waals surface area contributed by atoms with Gasteiger partial charge < -0.3 is 186 Å². The quantitative estimate of drug-likeness (QED) is 0.0153. The van der Waals surface area contributed by atoms with E-state index >= 15 is 0 Å². The zero-order valence-corrected chi connectivity index (χ0v) is 88.2. The van der Waals surface area contributed by atoms with E-state index in [1.807, 2.05) is 5.32 Å². The number of carbonyl (C=O) groups excluding carboxylic acids is 19. The Morgan fingerprint density at radius 1 is 0.309 bits per heavy atom. The van der Waals surface area contributed by atoms with Gasteiger partial charge >= 0.3 is 11.9 Å². The molecule has 852 valence electrons. The van der Waals surface area contributed by atoms with Crippen molar-refractivity contribution in [2.24, 2.45) is 52.3 Å². The van der Waals surface area contributed by atoms with Crippen LogP contribution >= 0.6 is 11.8 Å². The number of aliphatic hydroxyl groups is 8. The number of unbranched alkanes of at least 4 members (excludes halogenated alkanes) is 3. The van der Waals surface area contributed by atoms with E-state index in [-0.39, 0.29) is 108 Å². The smallest absolute Gasteiger partial charge is 0.328 e. The monoisotopic (exact) mass is 2150 g/mol. The Hall–Kier alpha value is -12.0. The molecule has 0 saturated carbocycles. The van der Waals surface area contributed by atoms with Gasteiger partial charge in [-0.2, -0.15) is 11.8 Å². The molecular formula is C91H166N26O31S. The molecule has 0 rings (SSSR count). The number of hydrogen-bond donors (Lipinski definition) is 36. The third-order valence-electron chi connectivity index (χ3n) is 23.2. The first-order valence-electron chi connectivity index (χ1n) is 49.6. The number of carboxylic acids is 2. The second kappa shape index (κ2) is 72.4. The molecule has 0 heterocycles. The maximum atomic E-state index is 14.4. The summed E-state index contributed by atoms with van der Waals surface area (Å²) in [5.74, 6) is -27.0. The molecule has 0 aromatic carbocycles. The predicted molar refractivity (Wildman–Crippen MR) is 540 cm³/mol. The summed E-state index contributed by atoms with van der Waals surface area (Å²) in [7, 11) is 0. The molecule has 0 aliphatic carbocycles. The normalized spacial score (nSPS) is 16.4. The third kappa shape index (κ3) is 52.3. The topological polar surface area (TPSA) is 955 Å². The van der Waals surface area contributed by atoms with Gasteiger partial charge in [0, 0.05) is 13.0 Å². The molecule has 0 bridgehead atoms. The maximum absolute atomic E-state index is 14.4. The molecular weight excluding hydrogens is 1990 g/mol. The van der Waals surface area contributed by atoms with Crippen LogP contribution < -0.4 is 135 Å². The first kappa shape index (κ1) is 137. The van der Waals surface area contributed by atoms with E-state index in [1.165, 1.54) is 39.5 Å². The second-order valence-corrected chi connectivity index (χ2v) is 38.7. The van der Waals surface area contributed by atoms with Gasteiger partial charge in [0.05, 0.1) is 62.9 Å². The van der Waals surface area contributed by atoms with E-state index in [1.54, 1.807) is 40.9 Å². The third-order valence-corrected chi connectivity index (χ3v) is 23.8. The number of hydrogen-bond acceptors (Lipinski definition) is 35. The van der Waals surface area contributed by atoms with Gasteiger partial charge in [0.1, 0.15) is 109 Å². The van der Waals surface area contributed by atoms with E-state index in [4.69, 9.17) is 34.1 Å². The van der Waals surface area contributed by atoms with Crippen molar-refractivity contribution >= 4 is 142 Å². The van der Waals surface area contributed by atoms with Gasteiger partial charge in [-0.25, -0.2) is 4.79 Å². The molecule has 0 aliphatic heterocycles. The number of guanidine groups is 1. The lowest BCUT2D eigenvalue weighted by molar-refractivity contribution is -0.144. The molecule has 25 atom stereocenters. The molecule has 0 saturated heterocycles. The molecule has 57 nitrogen and oxygen atoms in total. The summed E-state index contributed by atoms with van der Waals surface area (Å²) in [4.78, 5) is 290. The molecule has 0 spiro atoms. The Labute approximate surface area is 869 Å². The molecule has 0 radical (unpaired) electrons. The van der Waals surface area contributed by atoms with Crippen LogP contribution in [0.5, 0.6) is 0 Å². The minimum atomic E-state index is -2.15. The molecule has 0 fully saturated rings. The van der Waals surface area contributed by atoms with Gasteiger partial charge in [-0.3, -0.25) is 101 Å². The van der Waals surface area contributed by atoms with Crippen LogP contribution in [0, 0.1) is 29.1 Å². The number of nitrogens with one attached hydrogen (secondary N) is 21. The van der Waals surface area contributed by atoms with Crippen molar-refractivity contribution in [3.05, 3.63) is 0 Å². The van der Waals surface area contributed by atoms with Crippen molar-refractivity contribution in [1.29, 1.82) is 5.41 Å². The summed E-state index contributed by atoms with van der Waals surface area (Å²) >= 11 is 1.25. The van der Waals surface area contributed by atoms with Crippen LogP contribution in [0.15, 0.2) is 0 Å². The van der Waals surface area contributed by atoms with Crippen LogP contribution in [0.3, 0.4) is 0 Å². The van der Waals surface area contributed by atoms with Gasteiger partial charge in [-0.1, -0.05) is 61.8 Å². The molecule has 0 aliphatic rings. The Morgan fingerprint density at radius 2 is 0.577 bits per heavy atom. The van der Waals surface area contributed by atoms with Gasteiger partial charge in [0.25, 0.3) is 0 Å². The fourth-order valence-corrected chi connectivity index (χ4v) is 14.8. The molecule has 58 heteroatoms. The highest BCUT2D eigenvalue weighted by molar-refractivity contribution is 7.98. The molecule has 0 aromatic heterocycles. The lowest BCUT2D eigenvalue weighted by Gasteiger charge is -2.30. The van der Waals surface area contributed by atoms with Crippen molar-refractivity contribution in [1.82, 2.24) is 106 Å². The average Bonchev–Trinajstić information content (AvgIpc) is 0.838. The highest BCUT2D eigenvalue weighted by Gasteiger charge is 2.44. The number of thioether (sulfide) groups is 1. The summed E-state index contributed by atoms with van der Waals surface area (Å²) in [5.41, 5.74) is 28.3. The Bertz CT molecular complexity index is 4330. The number of carboxylic acid groups (broad SMARTS) is 2. The summed E-state index contributed by atoms with van der Waals surface area (Å²) in [6.45, 7) is 15.4. The van der Waals surface area contributed by atoms with Crippen molar-refractivity contribution in [3.63, 3.8) is 0 Å². The average molecular weight is 2150 g/mol. The first-order valence-corrected chi connectivity index (χ1v) is 51.0. The van der Waals surface area contributed by atoms with Crippen LogP contribution in [0.1, 0.15) is 206 Å². The van der Waals surface area contributed by atoms with Crippen LogP contribution in [0.4, 0.5) is 0 Å². The summed E-state index contributed by atoms with van der Waals surface area (Å²) in [5, 5.41) is 159. The minimum Gasteiger partial charge on any atom is -0.481 e. The largest absolute Gasteiger partial charge is 0.481 e. The van der Waals surface area contributed by atoms with Crippen LogP contribution in [0.25, 0.3) is 0 Å². The molecule has 0 aromatic rings. The number of nitrogens with two attached hydrogens (primary N) is 5. The minimum absolute atomic E-state index is 0.0393. The van der Waals surface area contributed by atoms with Crippen molar-refractivity contribution in [2.75, 3.05) is 64.6 Å². The van der Waals surface area contributed by atoms with Crippen molar-refractivity contribution in [2.45, 2.75) is 351 Å². The molecule has 0 unspecified atom stereocenters.